The molecule has 2 aliphatic rings. The summed E-state index contributed by atoms with van der Waals surface area (Å²) in [6.07, 6.45) is 2.56. The first-order valence-electron chi connectivity index (χ1n) is 10.2. The molecule has 0 aliphatic carbocycles. The second kappa shape index (κ2) is 7.96. The number of para-hydroxylation sites is 2. The molecule has 0 radical (unpaired) electrons. The molecule has 2 aromatic carbocycles. The van der Waals surface area contributed by atoms with Crippen LogP contribution in [0.25, 0.3) is 11.4 Å². The Kier molecular flexibility index (Phi) is 4.99. The number of hydrogen-bond acceptors (Lipinski definition) is 6. The van der Waals surface area contributed by atoms with Crippen LogP contribution in [-0.2, 0) is 0 Å². The van der Waals surface area contributed by atoms with E-state index in [4.69, 9.17) is 4.74 Å². The molecule has 3 aromatic rings. The van der Waals surface area contributed by atoms with E-state index in [0.29, 0.717) is 17.8 Å². The first kappa shape index (κ1) is 19.4. The number of nitrogens with zero attached hydrogens (tertiary/aromatic N) is 3. The number of piperazine rings is 1. The summed E-state index contributed by atoms with van der Waals surface area (Å²) in [5.74, 6) is -0.492. The van der Waals surface area contributed by atoms with Gasteiger partial charge in [0.2, 0.25) is 0 Å². The first-order chi connectivity index (χ1) is 15.1. The molecule has 1 amide bonds. The van der Waals surface area contributed by atoms with Crippen molar-refractivity contribution in [2.45, 2.75) is 18.5 Å². The number of anilines is 2. The number of rotatable bonds is 5. The third-order valence-corrected chi connectivity index (χ3v) is 5.83. The van der Waals surface area contributed by atoms with E-state index in [1.165, 1.54) is 25.4 Å². The summed E-state index contributed by atoms with van der Waals surface area (Å²) >= 11 is 0. The van der Waals surface area contributed by atoms with Crippen molar-refractivity contribution in [2.24, 2.45) is 0 Å². The first-order valence-corrected chi connectivity index (χ1v) is 10.2. The van der Waals surface area contributed by atoms with Gasteiger partial charge in [-0.2, -0.15) is 0 Å². The second-order valence-electron chi connectivity index (χ2n) is 7.70. The lowest BCUT2D eigenvalue weighted by Crippen LogP contribution is -2.43. The number of aromatic nitrogens is 2. The lowest BCUT2D eigenvalue weighted by atomic mass is 10.1. The molecule has 31 heavy (non-hydrogen) atoms. The second-order valence-corrected chi connectivity index (χ2v) is 7.70. The predicted octanol–water partition coefficient (Wildman–Crippen LogP) is 3.09. The summed E-state index contributed by atoms with van der Waals surface area (Å²) in [7, 11) is 1.45. The summed E-state index contributed by atoms with van der Waals surface area (Å²) in [6, 6.07) is 14.7. The molecule has 1 aromatic heterocycles. The zero-order valence-corrected chi connectivity index (χ0v) is 17.0. The molecular formula is C23H22FN5O2. The molecule has 3 heterocycles. The molecule has 158 valence electrons. The van der Waals surface area contributed by atoms with Gasteiger partial charge in [0.15, 0.2) is 5.82 Å². The summed E-state index contributed by atoms with van der Waals surface area (Å²) in [5.41, 5.74) is 1.99. The van der Waals surface area contributed by atoms with E-state index in [1.807, 2.05) is 24.3 Å². The Bertz CT molecular complexity index is 1140. The number of halogens is 1. The van der Waals surface area contributed by atoms with Gasteiger partial charge < -0.3 is 20.3 Å². The third kappa shape index (κ3) is 3.59. The largest absolute Gasteiger partial charge is 0.496 e. The summed E-state index contributed by atoms with van der Waals surface area (Å²) < 4.78 is 19.7. The molecule has 0 spiro atoms. The van der Waals surface area contributed by atoms with Crippen LogP contribution < -0.4 is 20.3 Å². The van der Waals surface area contributed by atoms with E-state index in [-0.39, 0.29) is 23.0 Å². The van der Waals surface area contributed by atoms with Crippen LogP contribution in [0.4, 0.5) is 15.8 Å². The van der Waals surface area contributed by atoms with E-state index >= 15 is 0 Å². The monoisotopic (exact) mass is 419 g/mol. The Morgan fingerprint density at radius 1 is 1.23 bits per heavy atom. The van der Waals surface area contributed by atoms with Gasteiger partial charge in [-0.05, 0) is 36.8 Å². The van der Waals surface area contributed by atoms with Gasteiger partial charge in [0, 0.05) is 31.4 Å². The number of amides is 1. The zero-order chi connectivity index (χ0) is 21.4. The van der Waals surface area contributed by atoms with Crippen LogP contribution in [0.2, 0.25) is 0 Å². The van der Waals surface area contributed by atoms with Crippen molar-refractivity contribution in [3.8, 4) is 17.1 Å². The fourth-order valence-electron chi connectivity index (χ4n) is 4.37. The van der Waals surface area contributed by atoms with Crippen LogP contribution in [0.3, 0.4) is 0 Å². The molecule has 2 N–H and O–H groups in total. The Balaban J connectivity index is 1.43. The average molecular weight is 419 g/mol. The van der Waals surface area contributed by atoms with Crippen LogP contribution >= 0.6 is 0 Å². The van der Waals surface area contributed by atoms with E-state index in [1.54, 1.807) is 12.1 Å². The van der Waals surface area contributed by atoms with E-state index in [9.17, 15) is 9.18 Å². The highest BCUT2D eigenvalue weighted by Crippen LogP contribution is 2.35. The minimum Gasteiger partial charge on any atom is -0.496 e. The molecule has 5 rings (SSSR count). The number of hydrogen-bond donors (Lipinski definition) is 2. The van der Waals surface area contributed by atoms with Gasteiger partial charge in [0.1, 0.15) is 17.3 Å². The fourth-order valence-corrected chi connectivity index (χ4v) is 4.37. The van der Waals surface area contributed by atoms with E-state index in [0.717, 1.165) is 30.9 Å². The van der Waals surface area contributed by atoms with Crippen molar-refractivity contribution in [2.75, 3.05) is 30.4 Å². The van der Waals surface area contributed by atoms with Crippen molar-refractivity contribution < 1.29 is 13.9 Å². The lowest BCUT2D eigenvalue weighted by molar-refractivity contribution is 0.102. The molecule has 2 bridgehead atoms. The molecule has 7 nitrogen and oxygen atoms in total. The van der Waals surface area contributed by atoms with Gasteiger partial charge in [-0.15, -0.1) is 0 Å². The van der Waals surface area contributed by atoms with Crippen molar-refractivity contribution in [3.63, 3.8) is 0 Å². The molecule has 2 saturated heterocycles. The fraction of sp³-hybridized carbons (Fsp3) is 0.261. The maximum atomic E-state index is 14.4. The van der Waals surface area contributed by atoms with Gasteiger partial charge in [0.05, 0.1) is 24.0 Å². The maximum absolute atomic E-state index is 14.4. The molecule has 0 saturated carbocycles. The van der Waals surface area contributed by atoms with Crippen LogP contribution in [0, 0.1) is 5.82 Å². The zero-order valence-electron chi connectivity index (χ0n) is 17.0. The van der Waals surface area contributed by atoms with Gasteiger partial charge in [-0.1, -0.05) is 18.2 Å². The summed E-state index contributed by atoms with van der Waals surface area (Å²) in [5, 5.41) is 6.46. The molecule has 2 atom stereocenters. The molecule has 0 unspecified atom stereocenters. The van der Waals surface area contributed by atoms with Crippen LogP contribution in [0.1, 0.15) is 16.9 Å². The Morgan fingerprint density at radius 3 is 2.87 bits per heavy atom. The minimum absolute atomic E-state index is 0.0961. The molecule has 2 fully saturated rings. The van der Waals surface area contributed by atoms with Gasteiger partial charge in [-0.25, -0.2) is 14.4 Å². The molecule has 2 aliphatic heterocycles. The lowest BCUT2D eigenvalue weighted by Gasteiger charge is -2.31. The maximum Gasteiger partial charge on any atom is 0.274 e. The normalized spacial score (nSPS) is 19.5. The Hall–Kier alpha value is -3.52. The number of fused-ring (bicyclic) bond motifs is 2. The number of ether oxygens (including phenoxy) is 1. The van der Waals surface area contributed by atoms with Crippen LogP contribution in [-0.4, -0.2) is 48.2 Å². The van der Waals surface area contributed by atoms with Crippen molar-refractivity contribution >= 4 is 17.3 Å². The van der Waals surface area contributed by atoms with Crippen LogP contribution in [0.5, 0.6) is 5.75 Å². The SMILES string of the molecule is COc1cccc(F)c1-c1nccc(C(=O)Nc2ccccc2N2C[C@H]3C[C@@H]2CN3)n1. The van der Waals surface area contributed by atoms with Gasteiger partial charge >= 0.3 is 0 Å². The Labute approximate surface area is 179 Å². The minimum atomic E-state index is -0.514. The Morgan fingerprint density at radius 2 is 2.10 bits per heavy atom. The topological polar surface area (TPSA) is 79.4 Å². The standard InChI is InChI=1S/C23H22FN5O2/c1-31-20-8-4-5-16(24)21(20)22-25-10-9-18(27-22)23(30)28-17-6-2-3-7-19(17)29-13-14-11-15(29)12-26-14/h2-10,14-15,26H,11-13H2,1H3,(H,28,30)/t14-,15-/m1/s1. The summed E-state index contributed by atoms with van der Waals surface area (Å²) in [4.78, 5) is 23.8. The molecule has 8 heteroatoms. The number of benzene rings is 2. The van der Waals surface area contributed by atoms with Crippen molar-refractivity contribution in [3.05, 3.63) is 66.2 Å². The summed E-state index contributed by atoms with van der Waals surface area (Å²) in [6.45, 7) is 1.87. The highest BCUT2D eigenvalue weighted by Gasteiger charge is 2.38. The van der Waals surface area contributed by atoms with Crippen LogP contribution in [0.15, 0.2) is 54.7 Å². The quantitative estimate of drug-likeness (QED) is 0.662. The highest BCUT2D eigenvalue weighted by atomic mass is 19.1. The highest BCUT2D eigenvalue weighted by molar-refractivity contribution is 6.05. The van der Waals surface area contributed by atoms with Gasteiger partial charge in [0.25, 0.3) is 5.91 Å². The van der Waals surface area contributed by atoms with E-state index < -0.39 is 5.82 Å². The van der Waals surface area contributed by atoms with Crippen molar-refractivity contribution in [1.82, 2.24) is 15.3 Å². The van der Waals surface area contributed by atoms with Crippen molar-refractivity contribution in [1.29, 1.82) is 0 Å². The number of carbonyl (C=O) groups is 1. The average Bonchev–Trinajstić information content (AvgIpc) is 3.43. The molecular weight excluding hydrogens is 397 g/mol. The van der Waals surface area contributed by atoms with Gasteiger partial charge in [-0.3, -0.25) is 4.79 Å². The predicted molar refractivity (Wildman–Crippen MR) is 116 cm³/mol. The number of methoxy groups -OCH3 is 1. The number of carbonyl (C=O) groups excluding carboxylic acids is 1. The smallest absolute Gasteiger partial charge is 0.274 e. The van der Waals surface area contributed by atoms with E-state index in [2.05, 4.69) is 25.5 Å². The third-order valence-electron chi connectivity index (χ3n) is 5.83. The number of nitrogens with one attached hydrogen (secondary N) is 2.